The molecule has 1 heterocycles. The Kier molecular flexibility index (Phi) is 4.22. The summed E-state index contributed by atoms with van der Waals surface area (Å²) in [5.41, 5.74) is 0.988. The van der Waals surface area contributed by atoms with Crippen molar-refractivity contribution >= 4 is 17.5 Å². The zero-order valence-corrected chi connectivity index (χ0v) is 12.0. The van der Waals surface area contributed by atoms with Crippen molar-refractivity contribution in [3.8, 4) is 5.75 Å². The molecular formula is C14H16N4O3. The molecule has 2 rings (SSSR count). The molecule has 0 radical (unpaired) electrons. The van der Waals surface area contributed by atoms with Gasteiger partial charge in [0.1, 0.15) is 5.75 Å². The van der Waals surface area contributed by atoms with Gasteiger partial charge >= 0.3 is 0 Å². The third kappa shape index (κ3) is 3.19. The van der Waals surface area contributed by atoms with Gasteiger partial charge in [-0.05, 0) is 24.3 Å². The number of aromatic nitrogens is 2. The fourth-order valence-corrected chi connectivity index (χ4v) is 1.80. The van der Waals surface area contributed by atoms with Gasteiger partial charge in [-0.1, -0.05) is 0 Å². The van der Waals surface area contributed by atoms with Crippen molar-refractivity contribution < 1.29 is 14.3 Å². The Morgan fingerprint density at radius 2 is 1.86 bits per heavy atom. The number of rotatable bonds is 4. The number of benzene rings is 1. The Labute approximate surface area is 121 Å². The van der Waals surface area contributed by atoms with Crippen LogP contribution in [0, 0.1) is 0 Å². The van der Waals surface area contributed by atoms with E-state index in [0.29, 0.717) is 17.0 Å². The zero-order valence-electron chi connectivity index (χ0n) is 12.0. The van der Waals surface area contributed by atoms with Crippen LogP contribution in [0.5, 0.6) is 5.75 Å². The molecule has 0 atom stereocenters. The van der Waals surface area contributed by atoms with Crippen molar-refractivity contribution in [1.29, 1.82) is 0 Å². The predicted octanol–water partition coefficient (Wildman–Crippen LogP) is 1.04. The maximum Gasteiger partial charge on any atom is 0.273 e. The van der Waals surface area contributed by atoms with Crippen LogP contribution in [-0.2, 0) is 7.05 Å². The van der Waals surface area contributed by atoms with Crippen molar-refractivity contribution in [1.82, 2.24) is 15.1 Å². The van der Waals surface area contributed by atoms with Crippen LogP contribution in [-0.4, -0.2) is 35.8 Å². The van der Waals surface area contributed by atoms with Gasteiger partial charge in [-0.2, -0.15) is 5.10 Å². The minimum Gasteiger partial charge on any atom is -0.497 e. The molecule has 0 aliphatic rings. The summed E-state index contributed by atoms with van der Waals surface area (Å²) in [7, 11) is 4.74. The first-order valence-electron chi connectivity index (χ1n) is 6.26. The standard InChI is InChI=1S/C14H16N4O3/c1-15-14(20)12-11(8-18(2)17-12)16-13(19)9-4-6-10(21-3)7-5-9/h4-8H,1-3H3,(H,15,20)(H,16,19). The van der Waals surface area contributed by atoms with E-state index in [4.69, 9.17) is 4.74 Å². The molecule has 0 spiro atoms. The zero-order chi connectivity index (χ0) is 15.4. The summed E-state index contributed by atoms with van der Waals surface area (Å²) < 4.78 is 6.50. The molecule has 0 aliphatic carbocycles. The molecule has 0 saturated heterocycles. The van der Waals surface area contributed by atoms with Gasteiger partial charge in [-0.15, -0.1) is 0 Å². The molecule has 1 aromatic heterocycles. The van der Waals surface area contributed by atoms with Crippen LogP contribution in [0.1, 0.15) is 20.8 Å². The Balaban J connectivity index is 2.20. The van der Waals surface area contributed by atoms with Gasteiger partial charge in [-0.25, -0.2) is 0 Å². The van der Waals surface area contributed by atoms with E-state index < -0.39 is 0 Å². The first kappa shape index (κ1) is 14.6. The smallest absolute Gasteiger partial charge is 0.273 e. The first-order chi connectivity index (χ1) is 10.0. The molecule has 21 heavy (non-hydrogen) atoms. The molecule has 7 nitrogen and oxygen atoms in total. The Bertz CT molecular complexity index is 661. The maximum absolute atomic E-state index is 12.2. The number of aryl methyl sites for hydroxylation is 1. The highest BCUT2D eigenvalue weighted by Crippen LogP contribution is 2.16. The van der Waals surface area contributed by atoms with E-state index >= 15 is 0 Å². The van der Waals surface area contributed by atoms with Crippen molar-refractivity contribution in [2.45, 2.75) is 0 Å². The van der Waals surface area contributed by atoms with Crippen molar-refractivity contribution in [3.63, 3.8) is 0 Å². The van der Waals surface area contributed by atoms with E-state index in [0.717, 1.165) is 0 Å². The second-order valence-electron chi connectivity index (χ2n) is 4.33. The monoisotopic (exact) mass is 288 g/mol. The second-order valence-corrected chi connectivity index (χ2v) is 4.33. The molecule has 2 N–H and O–H groups in total. The van der Waals surface area contributed by atoms with Crippen LogP contribution < -0.4 is 15.4 Å². The van der Waals surface area contributed by atoms with Crippen LogP contribution in [0.2, 0.25) is 0 Å². The van der Waals surface area contributed by atoms with Crippen LogP contribution in [0.25, 0.3) is 0 Å². The third-order valence-corrected chi connectivity index (χ3v) is 2.87. The lowest BCUT2D eigenvalue weighted by Crippen LogP contribution is -2.21. The van der Waals surface area contributed by atoms with Crippen LogP contribution in [0.15, 0.2) is 30.5 Å². The van der Waals surface area contributed by atoms with E-state index in [-0.39, 0.29) is 17.5 Å². The van der Waals surface area contributed by atoms with Crippen LogP contribution in [0.4, 0.5) is 5.69 Å². The number of ether oxygens (including phenoxy) is 1. The number of hydrogen-bond donors (Lipinski definition) is 2. The number of carbonyl (C=O) groups is 2. The normalized spacial score (nSPS) is 10.0. The first-order valence-corrected chi connectivity index (χ1v) is 6.26. The lowest BCUT2D eigenvalue weighted by atomic mass is 10.2. The van der Waals surface area contributed by atoms with Crippen molar-refractivity contribution in [2.24, 2.45) is 7.05 Å². The number of carbonyl (C=O) groups excluding carboxylic acids is 2. The van der Waals surface area contributed by atoms with Gasteiger partial charge in [0, 0.05) is 25.9 Å². The van der Waals surface area contributed by atoms with Gasteiger partial charge in [0.2, 0.25) is 0 Å². The topological polar surface area (TPSA) is 85.3 Å². The molecule has 0 saturated carbocycles. The molecule has 0 bridgehead atoms. The Morgan fingerprint density at radius 3 is 2.43 bits per heavy atom. The summed E-state index contributed by atoms with van der Waals surface area (Å²) in [6.45, 7) is 0. The maximum atomic E-state index is 12.2. The minimum absolute atomic E-state index is 0.168. The lowest BCUT2D eigenvalue weighted by Gasteiger charge is -2.05. The number of anilines is 1. The van der Waals surface area contributed by atoms with Crippen LogP contribution >= 0.6 is 0 Å². The predicted molar refractivity (Wildman–Crippen MR) is 77.5 cm³/mol. The number of hydrogen-bond acceptors (Lipinski definition) is 4. The molecule has 1 aromatic carbocycles. The molecule has 0 fully saturated rings. The SMILES string of the molecule is CNC(=O)c1nn(C)cc1NC(=O)c1ccc(OC)cc1. The van der Waals surface area contributed by atoms with Crippen molar-refractivity contribution in [3.05, 3.63) is 41.7 Å². The summed E-state index contributed by atoms with van der Waals surface area (Å²) in [6, 6.07) is 6.67. The Hall–Kier alpha value is -2.83. The highest BCUT2D eigenvalue weighted by Gasteiger charge is 2.17. The van der Waals surface area contributed by atoms with E-state index in [1.54, 1.807) is 44.6 Å². The summed E-state index contributed by atoms with van der Waals surface area (Å²) in [5.74, 6) is -0.0181. The molecule has 0 aliphatic heterocycles. The molecule has 110 valence electrons. The number of methoxy groups -OCH3 is 1. The summed E-state index contributed by atoms with van der Waals surface area (Å²) in [6.07, 6.45) is 1.58. The van der Waals surface area contributed by atoms with Gasteiger partial charge < -0.3 is 15.4 Å². The average molecular weight is 288 g/mol. The lowest BCUT2D eigenvalue weighted by molar-refractivity contribution is 0.0958. The summed E-state index contributed by atoms with van der Waals surface area (Å²) in [5, 5.41) is 9.18. The van der Waals surface area contributed by atoms with Crippen LogP contribution in [0.3, 0.4) is 0 Å². The molecule has 0 unspecified atom stereocenters. The molecule has 2 amide bonds. The number of nitrogens with zero attached hydrogens (tertiary/aromatic N) is 2. The molecular weight excluding hydrogens is 272 g/mol. The van der Waals surface area contributed by atoms with Gasteiger partial charge in [0.15, 0.2) is 5.69 Å². The average Bonchev–Trinajstić information content (AvgIpc) is 2.87. The quantitative estimate of drug-likeness (QED) is 0.880. The molecule has 7 heteroatoms. The van der Waals surface area contributed by atoms with Gasteiger partial charge in [-0.3, -0.25) is 14.3 Å². The van der Waals surface area contributed by atoms with Gasteiger partial charge in [0.05, 0.1) is 12.8 Å². The van der Waals surface area contributed by atoms with Gasteiger partial charge in [0.25, 0.3) is 11.8 Å². The third-order valence-electron chi connectivity index (χ3n) is 2.87. The van der Waals surface area contributed by atoms with E-state index in [1.165, 1.54) is 11.7 Å². The Morgan fingerprint density at radius 1 is 1.19 bits per heavy atom. The fraction of sp³-hybridized carbons (Fsp3) is 0.214. The molecule has 2 aromatic rings. The second kappa shape index (κ2) is 6.08. The summed E-state index contributed by atoms with van der Waals surface area (Å²) >= 11 is 0. The highest BCUT2D eigenvalue weighted by atomic mass is 16.5. The van der Waals surface area contributed by atoms with Crippen molar-refractivity contribution in [2.75, 3.05) is 19.5 Å². The highest BCUT2D eigenvalue weighted by molar-refractivity contribution is 6.08. The summed E-state index contributed by atoms with van der Waals surface area (Å²) in [4.78, 5) is 23.9. The number of nitrogens with one attached hydrogen (secondary N) is 2. The van der Waals surface area contributed by atoms with E-state index in [1.807, 2.05) is 0 Å². The minimum atomic E-state index is -0.361. The van der Waals surface area contributed by atoms with E-state index in [9.17, 15) is 9.59 Å². The number of amides is 2. The fourth-order valence-electron chi connectivity index (χ4n) is 1.80. The largest absolute Gasteiger partial charge is 0.497 e. The van der Waals surface area contributed by atoms with E-state index in [2.05, 4.69) is 15.7 Å².